The quantitative estimate of drug-likeness (QED) is 0.176. The van der Waals surface area contributed by atoms with Crippen molar-refractivity contribution < 1.29 is 40.8 Å². The summed E-state index contributed by atoms with van der Waals surface area (Å²) < 4.78 is 73.9. The largest absolute Gasteiger partial charge is 0.493 e. The number of benzene rings is 4. The molecule has 1 amide bonds. The van der Waals surface area contributed by atoms with E-state index in [1.807, 2.05) is 0 Å². The molecule has 0 saturated heterocycles. The summed E-state index contributed by atoms with van der Waals surface area (Å²) in [5.74, 6) is -2.61. The molecule has 5 rings (SSSR count). The Morgan fingerprint density at radius 2 is 1.65 bits per heavy atom. The first kappa shape index (κ1) is 34.5. The van der Waals surface area contributed by atoms with Gasteiger partial charge in [0.05, 0.1) is 28.7 Å². The lowest BCUT2D eigenvalue weighted by Crippen LogP contribution is -2.39. The molecule has 1 aliphatic rings. The van der Waals surface area contributed by atoms with Crippen LogP contribution in [0.15, 0.2) is 101 Å². The molecule has 10 nitrogen and oxygen atoms in total. The van der Waals surface area contributed by atoms with Crippen LogP contribution in [0.4, 0.5) is 18.9 Å². The Hall–Kier alpha value is -4.79. The van der Waals surface area contributed by atoms with Crippen LogP contribution in [-0.2, 0) is 26.1 Å². The zero-order valence-corrected chi connectivity index (χ0v) is 27.0. The normalized spacial score (nSPS) is 12.9. The van der Waals surface area contributed by atoms with Crippen LogP contribution in [0.25, 0.3) is 0 Å². The van der Waals surface area contributed by atoms with Crippen LogP contribution in [0.3, 0.4) is 0 Å². The number of aliphatic imine (C=N–C) groups is 1. The Kier molecular flexibility index (Phi) is 10.5. The molecule has 0 aromatic heterocycles. The van der Waals surface area contributed by atoms with Crippen LogP contribution in [0.2, 0.25) is 10.0 Å². The van der Waals surface area contributed by atoms with Crippen molar-refractivity contribution in [3.05, 3.63) is 118 Å². The number of ether oxygens (including phenoxy) is 1. The van der Waals surface area contributed by atoms with Crippen LogP contribution in [-0.4, -0.2) is 57.0 Å². The maximum atomic E-state index is 13.2. The Balaban J connectivity index is 1.30. The van der Waals surface area contributed by atoms with E-state index in [1.54, 1.807) is 42.5 Å². The summed E-state index contributed by atoms with van der Waals surface area (Å²) in [5.41, 5.74) is 1.30. The third kappa shape index (κ3) is 8.56. The fraction of sp³-hybridized carbons (Fsp3) is 0.156. The molecule has 0 unspecified atom stereocenters. The van der Waals surface area contributed by atoms with Gasteiger partial charge < -0.3 is 14.9 Å². The fourth-order valence-corrected chi connectivity index (χ4v) is 5.95. The molecule has 0 spiro atoms. The van der Waals surface area contributed by atoms with E-state index in [4.69, 9.17) is 27.9 Å². The topological polar surface area (TPSA) is 126 Å². The number of sulfonamides is 1. The minimum atomic E-state index is -5.36. The van der Waals surface area contributed by atoms with E-state index in [0.717, 1.165) is 35.7 Å². The van der Waals surface area contributed by atoms with Crippen molar-refractivity contribution in [2.75, 3.05) is 24.4 Å². The van der Waals surface area contributed by atoms with Gasteiger partial charge in [-0.1, -0.05) is 59.6 Å². The molecule has 250 valence electrons. The molecule has 0 fully saturated rings. The molecule has 2 N–H and O–H groups in total. The molecule has 0 aliphatic carbocycles. The molecule has 4 aromatic carbocycles. The SMILES string of the molecule is O=C(c1ccc(S(=O)(=O)Nc2ccccc2Oc2ccc(Cl)cc2Cl)cc1)N(CCc1ccc(C2=NCCN2)cc1)OC(=O)C(F)(F)F. The number of anilines is 1. The maximum absolute atomic E-state index is 13.2. The number of carbonyl (C=O) groups is 2. The summed E-state index contributed by atoms with van der Waals surface area (Å²) in [6, 6.07) is 22.0. The third-order valence-corrected chi connectivity index (χ3v) is 8.72. The smallest absolute Gasteiger partial charge is 0.454 e. The zero-order chi connectivity index (χ0) is 34.5. The van der Waals surface area contributed by atoms with Crippen molar-refractivity contribution in [3.8, 4) is 11.5 Å². The Morgan fingerprint density at radius 1 is 0.938 bits per heavy atom. The predicted octanol–water partition coefficient (Wildman–Crippen LogP) is 6.64. The zero-order valence-electron chi connectivity index (χ0n) is 24.6. The van der Waals surface area contributed by atoms with Gasteiger partial charge in [-0.3, -0.25) is 14.5 Å². The van der Waals surface area contributed by atoms with Crippen LogP contribution in [0.5, 0.6) is 11.5 Å². The van der Waals surface area contributed by atoms with Crippen molar-refractivity contribution in [1.82, 2.24) is 10.4 Å². The predicted molar refractivity (Wildman–Crippen MR) is 173 cm³/mol. The van der Waals surface area contributed by atoms with Crippen molar-refractivity contribution in [2.45, 2.75) is 17.5 Å². The van der Waals surface area contributed by atoms with Gasteiger partial charge in [0.25, 0.3) is 15.9 Å². The molecule has 1 aliphatic heterocycles. The van der Waals surface area contributed by atoms with Gasteiger partial charge in [-0.2, -0.15) is 18.2 Å². The average molecular weight is 722 g/mol. The summed E-state index contributed by atoms with van der Waals surface area (Å²) in [4.78, 5) is 33.4. The number of amides is 1. The summed E-state index contributed by atoms with van der Waals surface area (Å²) >= 11 is 12.1. The number of carbonyl (C=O) groups excluding carboxylic acids is 2. The lowest BCUT2D eigenvalue weighted by atomic mass is 10.1. The molecule has 0 bridgehead atoms. The molecule has 1 heterocycles. The standard InChI is InChI=1S/C32H25Cl2F3N4O6S/c33-23-11-14-27(25(34)19-23)46-28-4-2-1-3-26(28)40-48(44,45)24-12-9-22(10-13-24)30(42)41(47-31(43)32(35,36)37)18-15-20-5-7-21(8-6-20)29-38-16-17-39-29/h1-14,19,40H,15-18H2,(H,38,39). The van der Waals surface area contributed by atoms with Gasteiger partial charge in [0, 0.05) is 22.7 Å². The number of rotatable bonds is 10. The summed E-state index contributed by atoms with van der Waals surface area (Å²) in [6.45, 7) is 0.938. The Labute approximate surface area is 283 Å². The highest BCUT2D eigenvalue weighted by Gasteiger charge is 2.43. The third-order valence-electron chi connectivity index (χ3n) is 6.81. The molecule has 16 heteroatoms. The molecule has 4 aromatic rings. The van der Waals surface area contributed by atoms with E-state index in [9.17, 15) is 31.2 Å². The average Bonchev–Trinajstić information content (AvgIpc) is 3.60. The fourth-order valence-electron chi connectivity index (χ4n) is 4.43. The number of nitrogens with one attached hydrogen (secondary N) is 2. The van der Waals surface area contributed by atoms with Crippen LogP contribution >= 0.6 is 23.2 Å². The first-order valence-electron chi connectivity index (χ1n) is 14.1. The molecule has 0 saturated carbocycles. The number of para-hydroxylation sites is 2. The molecule has 48 heavy (non-hydrogen) atoms. The van der Waals surface area contributed by atoms with Crippen molar-refractivity contribution >= 4 is 56.6 Å². The number of amidine groups is 1. The number of hydroxylamine groups is 2. The van der Waals surface area contributed by atoms with E-state index in [-0.39, 0.29) is 39.1 Å². The monoisotopic (exact) mass is 720 g/mol. The minimum Gasteiger partial charge on any atom is -0.454 e. The highest BCUT2D eigenvalue weighted by molar-refractivity contribution is 7.92. The van der Waals surface area contributed by atoms with Crippen LogP contribution < -0.4 is 14.8 Å². The van der Waals surface area contributed by atoms with Gasteiger partial charge in [0.15, 0.2) is 5.75 Å². The van der Waals surface area contributed by atoms with Gasteiger partial charge in [-0.15, -0.1) is 0 Å². The number of hydrogen-bond acceptors (Lipinski definition) is 8. The maximum Gasteiger partial charge on any atom is 0.493 e. The minimum absolute atomic E-state index is 0.0379. The lowest BCUT2D eigenvalue weighted by Gasteiger charge is -2.22. The summed E-state index contributed by atoms with van der Waals surface area (Å²) in [5, 5.41) is 4.00. The molecular formula is C32H25Cl2F3N4O6S. The van der Waals surface area contributed by atoms with Crippen LogP contribution in [0, 0.1) is 0 Å². The van der Waals surface area contributed by atoms with Crippen LogP contribution in [0.1, 0.15) is 21.5 Å². The lowest BCUT2D eigenvalue weighted by molar-refractivity contribution is -0.228. The first-order chi connectivity index (χ1) is 22.8. The van der Waals surface area contributed by atoms with E-state index < -0.39 is 34.6 Å². The highest BCUT2D eigenvalue weighted by Crippen LogP contribution is 2.36. The van der Waals surface area contributed by atoms with Gasteiger partial charge in [0.1, 0.15) is 11.6 Å². The van der Waals surface area contributed by atoms with E-state index in [2.05, 4.69) is 19.9 Å². The van der Waals surface area contributed by atoms with E-state index in [1.165, 1.54) is 24.3 Å². The number of hydrogen-bond donors (Lipinski definition) is 2. The van der Waals surface area contributed by atoms with Crippen molar-refractivity contribution in [1.29, 1.82) is 0 Å². The Morgan fingerprint density at radius 3 is 2.29 bits per heavy atom. The van der Waals surface area contributed by atoms with Crippen molar-refractivity contribution in [2.24, 2.45) is 4.99 Å². The second kappa shape index (κ2) is 14.5. The second-order valence-electron chi connectivity index (χ2n) is 10.2. The molecular weight excluding hydrogens is 696 g/mol. The van der Waals surface area contributed by atoms with E-state index in [0.29, 0.717) is 28.7 Å². The molecule has 0 atom stereocenters. The summed E-state index contributed by atoms with van der Waals surface area (Å²) in [6.07, 6.45) is -5.33. The number of nitrogens with zero attached hydrogens (tertiary/aromatic N) is 2. The molecule has 0 radical (unpaired) electrons. The van der Waals surface area contributed by atoms with Gasteiger partial charge in [0.2, 0.25) is 0 Å². The van der Waals surface area contributed by atoms with Crippen molar-refractivity contribution in [3.63, 3.8) is 0 Å². The van der Waals surface area contributed by atoms with E-state index >= 15 is 0 Å². The van der Waals surface area contributed by atoms with Gasteiger partial charge in [-0.25, -0.2) is 13.2 Å². The second-order valence-corrected chi connectivity index (χ2v) is 12.7. The Bertz CT molecular complexity index is 1960. The number of halogens is 5. The first-order valence-corrected chi connectivity index (χ1v) is 16.4. The number of alkyl halides is 3. The van der Waals surface area contributed by atoms with Gasteiger partial charge >= 0.3 is 12.1 Å². The van der Waals surface area contributed by atoms with Gasteiger partial charge in [-0.05, 0) is 66.6 Å². The summed E-state index contributed by atoms with van der Waals surface area (Å²) in [7, 11) is -4.26. The highest BCUT2D eigenvalue weighted by atomic mass is 35.5.